The van der Waals surface area contributed by atoms with E-state index < -0.39 is 0 Å². The lowest BCUT2D eigenvalue weighted by molar-refractivity contribution is -0.115. The molecule has 2 N–H and O–H groups in total. The Balaban J connectivity index is 1.91. The van der Waals surface area contributed by atoms with Crippen LogP contribution in [0.1, 0.15) is 11.1 Å². The van der Waals surface area contributed by atoms with Gasteiger partial charge in [-0.2, -0.15) is 0 Å². The molecule has 4 nitrogen and oxygen atoms in total. The molecule has 1 aliphatic rings. The van der Waals surface area contributed by atoms with Gasteiger partial charge >= 0.3 is 0 Å². The molecule has 7 heteroatoms. The monoisotopic (exact) mass is 422 g/mol. The van der Waals surface area contributed by atoms with Crippen LogP contribution in [0.4, 0.5) is 5.69 Å². The molecular weight excluding hydrogens is 412 g/mol. The number of nitrogens with one attached hydrogen (secondary N) is 1. The summed E-state index contributed by atoms with van der Waals surface area (Å²) in [4.78, 5) is 17.1. The molecule has 0 saturated carbocycles. The SMILES string of the molecule is Cc1c(Cl)cccc1N=C1NC(=O)/C(=C\c2cc(O)ccc2Br)S1. The van der Waals surface area contributed by atoms with Crippen LogP contribution in [0.2, 0.25) is 5.02 Å². The second-order valence-electron chi connectivity index (χ2n) is 5.07. The predicted octanol–water partition coefficient (Wildman–Crippen LogP) is 5.01. The Kier molecular flexibility index (Phi) is 4.99. The topological polar surface area (TPSA) is 61.7 Å². The summed E-state index contributed by atoms with van der Waals surface area (Å²) in [6.45, 7) is 1.88. The molecule has 3 rings (SSSR count). The van der Waals surface area contributed by atoms with Crippen LogP contribution in [0, 0.1) is 6.92 Å². The highest BCUT2D eigenvalue weighted by Gasteiger charge is 2.24. The number of carbonyl (C=O) groups is 1. The van der Waals surface area contributed by atoms with E-state index in [1.165, 1.54) is 11.8 Å². The molecule has 0 aliphatic carbocycles. The van der Waals surface area contributed by atoms with Crippen molar-refractivity contribution in [3.05, 3.63) is 61.9 Å². The minimum Gasteiger partial charge on any atom is -0.508 e. The van der Waals surface area contributed by atoms with Gasteiger partial charge in [0.05, 0.1) is 10.6 Å². The van der Waals surface area contributed by atoms with Gasteiger partial charge in [-0.25, -0.2) is 4.99 Å². The van der Waals surface area contributed by atoms with Crippen molar-refractivity contribution in [2.75, 3.05) is 0 Å². The number of amides is 1. The first-order valence-electron chi connectivity index (χ1n) is 6.97. The van der Waals surface area contributed by atoms with Crippen LogP contribution in [0.15, 0.2) is 50.8 Å². The fourth-order valence-corrected chi connectivity index (χ4v) is 3.45. The molecule has 122 valence electrons. The second-order valence-corrected chi connectivity index (χ2v) is 7.36. The summed E-state index contributed by atoms with van der Waals surface area (Å²) in [7, 11) is 0. The van der Waals surface area contributed by atoms with Crippen molar-refractivity contribution in [2.24, 2.45) is 4.99 Å². The molecule has 0 radical (unpaired) electrons. The number of aliphatic imine (C=N–C) groups is 1. The third-order valence-corrected chi connectivity index (χ3v) is 5.42. The van der Waals surface area contributed by atoms with E-state index in [0.717, 1.165) is 10.0 Å². The molecule has 2 aromatic rings. The molecule has 0 aromatic heterocycles. The lowest BCUT2D eigenvalue weighted by Gasteiger charge is -2.02. The summed E-state index contributed by atoms with van der Waals surface area (Å²) in [5, 5.41) is 13.4. The lowest BCUT2D eigenvalue weighted by Crippen LogP contribution is -2.19. The molecule has 2 aromatic carbocycles. The van der Waals surface area contributed by atoms with Gasteiger partial charge in [0.15, 0.2) is 5.17 Å². The van der Waals surface area contributed by atoms with Gasteiger partial charge in [-0.1, -0.05) is 33.6 Å². The highest BCUT2D eigenvalue weighted by molar-refractivity contribution is 9.10. The highest BCUT2D eigenvalue weighted by Crippen LogP contribution is 2.32. The number of halogens is 2. The molecule has 1 fully saturated rings. The van der Waals surface area contributed by atoms with Crippen LogP contribution < -0.4 is 5.32 Å². The molecule has 1 saturated heterocycles. The smallest absolute Gasteiger partial charge is 0.264 e. The van der Waals surface area contributed by atoms with E-state index >= 15 is 0 Å². The first kappa shape index (κ1) is 17.1. The summed E-state index contributed by atoms with van der Waals surface area (Å²) in [6, 6.07) is 10.3. The summed E-state index contributed by atoms with van der Waals surface area (Å²) in [6.07, 6.45) is 1.71. The fraction of sp³-hybridized carbons (Fsp3) is 0.0588. The van der Waals surface area contributed by atoms with Gasteiger partial charge in [0.25, 0.3) is 5.91 Å². The number of hydrogen-bond acceptors (Lipinski definition) is 4. The quantitative estimate of drug-likeness (QED) is 0.668. The predicted molar refractivity (Wildman–Crippen MR) is 103 cm³/mol. The zero-order valence-electron chi connectivity index (χ0n) is 12.5. The Morgan fingerprint density at radius 2 is 2.12 bits per heavy atom. The zero-order chi connectivity index (χ0) is 17.3. The molecule has 0 spiro atoms. The number of thioether (sulfide) groups is 1. The van der Waals surface area contributed by atoms with Crippen molar-refractivity contribution in [2.45, 2.75) is 6.92 Å². The Morgan fingerprint density at radius 3 is 2.92 bits per heavy atom. The third kappa shape index (κ3) is 3.66. The van der Waals surface area contributed by atoms with Crippen molar-refractivity contribution >= 4 is 62.1 Å². The summed E-state index contributed by atoms with van der Waals surface area (Å²) < 4.78 is 0.789. The van der Waals surface area contributed by atoms with E-state index in [1.807, 2.05) is 19.1 Å². The second kappa shape index (κ2) is 7.01. The summed E-state index contributed by atoms with van der Waals surface area (Å²) >= 11 is 10.7. The standard InChI is InChI=1S/C17H12BrClN2O2S/c1-9-13(19)3-2-4-14(9)20-17-21-16(23)15(24-17)8-10-7-11(22)5-6-12(10)18/h2-8,22H,1H3,(H,20,21,23)/b15-8+. The Bertz CT molecular complexity index is 896. The van der Waals surface area contributed by atoms with Crippen LogP contribution >= 0.6 is 39.3 Å². The van der Waals surface area contributed by atoms with Crippen LogP contribution in [0.5, 0.6) is 5.75 Å². The molecule has 0 bridgehead atoms. The van der Waals surface area contributed by atoms with Crippen LogP contribution in [-0.2, 0) is 4.79 Å². The minimum atomic E-state index is -0.228. The maximum atomic E-state index is 12.1. The van der Waals surface area contributed by atoms with Crippen molar-refractivity contribution in [1.82, 2.24) is 5.32 Å². The van der Waals surface area contributed by atoms with Crippen LogP contribution in [-0.4, -0.2) is 16.2 Å². The van der Waals surface area contributed by atoms with Gasteiger partial charge in [-0.3, -0.25) is 4.79 Å². The van der Waals surface area contributed by atoms with Crippen molar-refractivity contribution in [3.63, 3.8) is 0 Å². The Morgan fingerprint density at radius 1 is 1.33 bits per heavy atom. The van der Waals surface area contributed by atoms with Crippen molar-refractivity contribution in [3.8, 4) is 5.75 Å². The molecule has 1 heterocycles. The third-order valence-electron chi connectivity index (χ3n) is 3.38. The van der Waals surface area contributed by atoms with Gasteiger partial charge in [0, 0.05) is 9.50 Å². The van der Waals surface area contributed by atoms with Crippen LogP contribution in [0.3, 0.4) is 0 Å². The van der Waals surface area contributed by atoms with Gasteiger partial charge in [-0.15, -0.1) is 0 Å². The zero-order valence-corrected chi connectivity index (χ0v) is 15.7. The Hall–Kier alpha value is -1.76. The number of amidine groups is 1. The number of benzene rings is 2. The number of aromatic hydroxyl groups is 1. The van der Waals surface area contributed by atoms with E-state index in [0.29, 0.717) is 26.3 Å². The number of rotatable bonds is 2. The van der Waals surface area contributed by atoms with E-state index in [1.54, 1.807) is 30.3 Å². The maximum absolute atomic E-state index is 12.1. The average molecular weight is 424 g/mol. The average Bonchev–Trinajstić information content (AvgIpc) is 2.87. The molecule has 0 unspecified atom stereocenters. The van der Waals surface area contributed by atoms with Gasteiger partial charge in [0.2, 0.25) is 0 Å². The van der Waals surface area contributed by atoms with E-state index in [2.05, 4.69) is 26.2 Å². The first-order valence-corrected chi connectivity index (χ1v) is 8.96. The number of nitrogens with zero attached hydrogens (tertiary/aromatic N) is 1. The largest absolute Gasteiger partial charge is 0.508 e. The number of carbonyl (C=O) groups excluding carboxylic acids is 1. The van der Waals surface area contributed by atoms with Crippen molar-refractivity contribution in [1.29, 1.82) is 0 Å². The van der Waals surface area contributed by atoms with Gasteiger partial charge < -0.3 is 10.4 Å². The fourth-order valence-electron chi connectivity index (χ4n) is 2.09. The van der Waals surface area contributed by atoms with Gasteiger partial charge in [-0.05, 0) is 66.2 Å². The van der Waals surface area contributed by atoms with Gasteiger partial charge in [0.1, 0.15) is 5.75 Å². The number of phenols is 1. The number of hydrogen-bond donors (Lipinski definition) is 2. The van der Waals surface area contributed by atoms with E-state index in [4.69, 9.17) is 11.6 Å². The van der Waals surface area contributed by atoms with Crippen LogP contribution in [0.25, 0.3) is 6.08 Å². The maximum Gasteiger partial charge on any atom is 0.264 e. The highest BCUT2D eigenvalue weighted by atomic mass is 79.9. The van der Waals surface area contributed by atoms with E-state index in [-0.39, 0.29) is 11.7 Å². The molecule has 24 heavy (non-hydrogen) atoms. The summed E-state index contributed by atoms with van der Waals surface area (Å²) in [5.74, 6) is -0.0921. The Labute approximate surface area is 156 Å². The lowest BCUT2D eigenvalue weighted by atomic mass is 10.2. The molecule has 1 aliphatic heterocycles. The molecule has 1 amide bonds. The molecular formula is C17H12BrClN2O2S. The minimum absolute atomic E-state index is 0.136. The van der Waals surface area contributed by atoms with E-state index in [9.17, 15) is 9.90 Å². The summed E-state index contributed by atoms with van der Waals surface area (Å²) in [5.41, 5.74) is 2.28. The first-order chi connectivity index (χ1) is 11.4. The normalized spacial score (nSPS) is 17.5. The number of phenolic OH excluding ortho intramolecular Hbond substituents is 1. The molecule has 0 atom stereocenters. The van der Waals surface area contributed by atoms with Crippen molar-refractivity contribution < 1.29 is 9.90 Å².